The number of carbonyl (C=O) groups is 16. The van der Waals surface area contributed by atoms with Crippen molar-refractivity contribution < 1.29 is 129 Å². The van der Waals surface area contributed by atoms with Gasteiger partial charge in [0.25, 0.3) is 0 Å². The zero-order chi connectivity index (χ0) is 76.4. The number of aliphatic carboxylic acids is 1. The molecule has 3 saturated heterocycles. The van der Waals surface area contributed by atoms with Crippen LogP contribution in [0.1, 0.15) is 129 Å². The number of carboxylic acids is 1. The fourth-order valence-electron chi connectivity index (χ4n) is 10.8. The summed E-state index contributed by atoms with van der Waals surface area (Å²) in [4.78, 5) is 212. The Morgan fingerprint density at radius 3 is 1.40 bits per heavy atom. The maximum absolute atomic E-state index is 15.6. The topological polar surface area (TPSA) is 523 Å². The molecule has 0 aromatic carbocycles. The van der Waals surface area contributed by atoms with Crippen molar-refractivity contribution >= 4 is 129 Å². The lowest BCUT2D eigenvalue weighted by Crippen LogP contribution is -2.68. The third-order valence-corrected chi connectivity index (χ3v) is 15.3. The molecule has 18 atom stereocenters. The predicted octanol–water partition coefficient (Wildman–Crippen LogP) is -4.21. The van der Waals surface area contributed by atoms with Gasteiger partial charge in [-0.05, 0) is 66.2 Å². The number of nitrogens with zero attached hydrogens (tertiary/aromatic N) is 1. The van der Waals surface area contributed by atoms with Gasteiger partial charge in [0.15, 0.2) is 37.0 Å². The molecule has 40 heteroatoms. The maximum Gasteiger partial charge on any atom is 0.303 e. The van der Waals surface area contributed by atoms with E-state index in [1.165, 1.54) is 27.7 Å². The van der Waals surface area contributed by atoms with Gasteiger partial charge in [-0.15, -0.1) is 0 Å². The third kappa shape index (κ3) is 29.0. The van der Waals surface area contributed by atoms with Gasteiger partial charge in [-0.1, -0.05) is 38.3 Å². The Balaban J connectivity index is 2.36. The summed E-state index contributed by atoms with van der Waals surface area (Å²) in [6.07, 6.45) is -17.2. The standard InChI is InChI=1S/C61H93N11O27S2/c1-25(2)20-39(69-55(85)38(66-29(6)73)17-18-45(82)83)56(86)65-26(3)54(84)70-47(28(5)93-61-49(68-31(8)101)53(97-37(14)79)51(95-35(12)77)42(99-61)24-91-33(10)75)59(89)71-46(58(88)64-22-44(81)72-19-15-16-40(72)57(87)63-21-43(62)80)27(4)92-60-48(67-30(7)100)52(96-36(13)78)50(94-34(11)76)41(98-60)23-90-32(9)74/h25-28,38-42,46-53,60-61H,15-24H2,1-14H3,(H2,62,80)(H,63,87)(H,64,88)(H,65,86)(H,66,73)(H,67,100)(H,68,101)(H,69,85)(H,70,84)(H,71,89)(H,82,83)/t26-,27+,28+,38-,39-,40-,41+,42+,46-,47-,48+,49+,50-,51-,52+,53+,60-,61-/m0/s1. The van der Waals surface area contributed by atoms with E-state index in [0.29, 0.717) is 6.42 Å². The molecule has 0 unspecified atom stereocenters. The molecule has 0 spiro atoms. The number of nitrogens with one attached hydrogen (secondary N) is 9. The Morgan fingerprint density at radius 2 is 0.980 bits per heavy atom. The number of amides is 9. The Morgan fingerprint density at radius 1 is 0.535 bits per heavy atom. The van der Waals surface area contributed by atoms with Gasteiger partial charge in [-0.2, -0.15) is 0 Å². The molecule has 9 amide bonds. The molecule has 0 saturated carbocycles. The second-order valence-corrected chi connectivity index (χ2v) is 25.6. The van der Waals surface area contributed by atoms with Crippen LogP contribution in [-0.4, -0.2) is 258 Å². The number of hydrogen-bond acceptors (Lipinski definition) is 28. The molecular formula is C61H93N11O27S2. The molecule has 0 bridgehead atoms. The lowest BCUT2D eigenvalue weighted by atomic mass is 9.95. The second-order valence-electron chi connectivity index (χ2n) is 24.3. The quantitative estimate of drug-likeness (QED) is 0.0161. The summed E-state index contributed by atoms with van der Waals surface area (Å²) in [7, 11) is 0. The van der Waals surface area contributed by atoms with Gasteiger partial charge in [0.1, 0.15) is 73.8 Å². The van der Waals surface area contributed by atoms with Crippen molar-refractivity contribution in [3.63, 3.8) is 0 Å². The summed E-state index contributed by atoms with van der Waals surface area (Å²) < 4.78 is 58.6. The van der Waals surface area contributed by atoms with E-state index in [1.807, 2.05) is 0 Å². The molecule has 3 aliphatic heterocycles. The molecule has 0 aliphatic carbocycles. The van der Waals surface area contributed by atoms with Crippen LogP contribution in [0.15, 0.2) is 0 Å². The van der Waals surface area contributed by atoms with Crippen LogP contribution in [-0.2, 0) is 124 Å². The van der Waals surface area contributed by atoms with Crippen molar-refractivity contribution in [2.75, 3.05) is 32.8 Å². The van der Waals surface area contributed by atoms with Crippen LogP contribution in [0.2, 0.25) is 0 Å². The Labute approximate surface area is 592 Å². The Bertz CT molecular complexity index is 3070. The van der Waals surface area contributed by atoms with Crippen molar-refractivity contribution in [2.24, 2.45) is 11.7 Å². The number of likely N-dealkylation sites (tertiary alicyclic amines) is 1. The molecule has 12 N–H and O–H groups in total. The molecule has 566 valence electrons. The van der Waals surface area contributed by atoms with Crippen LogP contribution < -0.4 is 53.6 Å². The summed E-state index contributed by atoms with van der Waals surface area (Å²) in [5.74, 6) is -15.9. The van der Waals surface area contributed by atoms with Crippen LogP contribution in [0.25, 0.3) is 0 Å². The normalized spacial score (nSPS) is 23.6. The lowest BCUT2D eigenvalue weighted by molar-refractivity contribution is -0.287. The lowest BCUT2D eigenvalue weighted by Gasteiger charge is -2.46. The second kappa shape index (κ2) is 41.2. The highest BCUT2D eigenvalue weighted by molar-refractivity contribution is 7.80. The molecule has 3 rings (SSSR count). The summed E-state index contributed by atoms with van der Waals surface area (Å²) in [6.45, 7) is 14.2. The molecule has 3 aliphatic rings. The number of carbonyl (C=O) groups excluding carboxylic acids is 15. The molecule has 3 fully saturated rings. The number of rotatable bonds is 36. The van der Waals surface area contributed by atoms with Gasteiger partial charge in [-0.25, -0.2) is 0 Å². The highest BCUT2D eigenvalue weighted by atomic mass is 32.1. The van der Waals surface area contributed by atoms with E-state index >= 15 is 9.59 Å². The highest BCUT2D eigenvalue weighted by Crippen LogP contribution is 2.32. The average molecular weight is 1480 g/mol. The largest absolute Gasteiger partial charge is 0.481 e. The third-order valence-electron chi connectivity index (χ3n) is 15.1. The first-order valence-electron chi connectivity index (χ1n) is 32.1. The van der Waals surface area contributed by atoms with Crippen molar-refractivity contribution in [3.8, 4) is 0 Å². The van der Waals surface area contributed by atoms with Crippen LogP contribution in [0.5, 0.6) is 0 Å². The molecular weight excluding hydrogens is 1380 g/mol. The minimum atomic E-state index is -2.14. The molecule has 0 radical (unpaired) electrons. The van der Waals surface area contributed by atoms with Crippen LogP contribution in [0, 0.1) is 5.92 Å². The minimum Gasteiger partial charge on any atom is -0.481 e. The molecule has 0 aromatic rings. The van der Waals surface area contributed by atoms with Gasteiger partial charge >= 0.3 is 41.8 Å². The number of primary amides is 1. The molecule has 0 aromatic heterocycles. The van der Waals surface area contributed by atoms with Crippen molar-refractivity contribution in [2.45, 2.75) is 239 Å². The van der Waals surface area contributed by atoms with Crippen LogP contribution >= 0.6 is 24.4 Å². The first-order valence-corrected chi connectivity index (χ1v) is 32.9. The van der Waals surface area contributed by atoms with E-state index < -0.39 is 237 Å². The van der Waals surface area contributed by atoms with Crippen molar-refractivity contribution in [1.82, 2.24) is 52.8 Å². The van der Waals surface area contributed by atoms with Crippen LogP contribution in [0.4, 0.5) is 0 Å². The fourth-order valence-corrected chi connectivity index (χ4v) is 11.1. The molecule has 38 nitrogen and oxygen atoms in total. The van der Waals surface area contributed by atoms with Gasteiger partial charge in [0.2, 0.25) is 53.2 Å². The number of thiocarbonyl (C=S) groups is 2. The Kier molecular flexibility index (Phi) is 35.2. The number of esters is 6. The summed E-state index contributed by atoms with van der Waals surface area (Å²) >= 11 is 10.8. The number of hydrogen-bond donors (Lipinski definition) is 11. The SMILES string of the molecule is CC(=O)N[C@@H](CCC(=O)O)C(=O)N[C@@H](CC(C)C)C(=O)N[C@@H](C)C(=O)N[C@H](C(=O)N[C@H](C(=O)NCC(=O)N1CCC[C@H]1C(=O)NCC(N)=O)[C@@H](C)O[C@H]1O[C@H](COC(C)=O)[C@H](OC(C)=O)[C@H](OC(C)=O)[C@H]1NC(C)=S)[C@@H](C)O[C@H]1O[C@H](COC(C)=O)[C@H](OC(C)=O)[C@H](OC(C)=O)[C@H]1NC(C)=S. The first kappa shape index (κ1) is 86.4. The molecule has 101 heavy (non-hydrogen) atoms. The van der Waals surface area contributed by atoms with Gasteiger partial charge in [0.05, 0.1) is 35.3 Å². The average Bonchev–Trinajstić information content (AvgIpc) is 1.21. The van der Waals surface area contributed by atoms with Gasteiger partial charge < -0.3 is 111 Å². The predicted molar refractivity (Wildman–Crippen MR) is 352 cm³/mol. The first-order chi connectivity index (χ1) is 47.1. The van der Waals surface area contributed by atoms with Crippen molar-refractivity contribution in [1.29, 1.82) is 0 Å². The number of nitrogens with two attached hydrogens (primary N) is 1. The van der Waals surface area contributed by atoms with E-state index in [1.54, 1.807) is 13.8 Å². The van der Waals surface area contributed by atoms with Crippen LogP contribution in [0.3, 0.4) is 0 Å². The van der Waals surface area contributed by atoms with Crippen molar-refractivity contribution in [3.05, 3.63) is 0 Å². The van der Waals surface area contributed by atoms with E-state index in [2.05, 4.69) is 47.9 Å². The number of carboxylic acid groups (broad SMARTS) is 1. The van der Waals surface area contributed by atoms with E-state index in [0.717, 1.165) is 60.3 Å². The minimum absolute atomic E-state index is 0.00216. The number of ether oxygens (including phenoxy) is 10. The zero-order valence-electron chi connectivity index (χ0n) is 58.4. The summed E-state index contributed by atoms with van der Waals surface area (Å²) in [6, 6.07) is -12.9. The van der Waals surface area contributed by atoms with E-state index in [4.69, 9.17) is 77.5 Å². The van der Waals surface area contributed by atoms with E-state index in [-0.39, 0.29) is 41.7 Å². The van der Waals surface area contributed by atoms with Gasteiger partial charge in [-0.3, -0.25) is 76.7 Å². The monoisotopic (exact) mass is 1480 g/mol. The maximum atomic E-state index is 15.6. The zero-order valence-corrected chi connectivity index (χ0v) is 60.1. The summed E-state index contributed by atoms with van der Waals surface area (Å²) in [5.41, 5.74) is 5.23. The van der Waals surface area contributed by atoms with E-state index in [9.17, 15) is 72.2 Å². The highest BCUT2D eigenvalue weighted by Gasteiger charge is 2.54. The summed E-state index contributed by atoms with van der Waals surface area (Å²) in [5, 5.41) is 32.1. The smallest absolute Gasteiger partial charge is 0.303 e. The fraction of sp³-hybridized carbons (Fsp3) is 0.705. The molecule has 3 heterocycles. The Hall–Kier alpha value is -8.86. The van der Waals surface area contributed by atoms with Gasteiger partial charge in [0, 0.05) is 61.4 Å².